The number of benzene rings is 1. The van der Waals surface area contributed by atoms with Crippen LogP contribution in [-0.4, -0.2) is 47.8 Å². The maximum atomic E-state index is 12.9. The lowest BCUT2D eigenvalue weighted by molar-refractivity contribution is -0.0589. The number of ether oxygens (including phenoxy) is 1. The first-order valence-electron chi connectivity index (χ1n) is 7.91. The molecule has 2 fully saturated rings. The summed E-state index contributed by atoms with van der Waals surface area (Å²) in [6.45, 7) is 3.74. The monoisotopic (exact) mass is 323 g/mol. The van der Waals surface area contributed by atoms with E-state index in [2.05, 4.69) is 0 Å². The molecule has 2 saturated heterocycles. The Morgan fingerprint density at radius 1 is 1.41 bits per heavy atom. The highest BCUT2D eigenvalue weighted by Gasteiger charge is 2.40. The summed E-state index contributed by atoms with van der Waals surface area (Å²) in [5, 5.41) is 10.9. The van der Waals surface area contributed by atoms with E-state index in [1.165, 1.54) is 0 Å². The Bertz CT molecular complexity index is 563. The second-order valence-corrected chi connectivity index (χ2v) is 6.62. The summed E-state index contributed by atoms with van der Waals surface area (Å²) in [5.74, 6) is 0.0277. The fourth-order valence-corrected chi connectivity index (χ4v) is 3.77. The predicted octanol–water partition coefficient (Wildman–Crippen LogP) is 2.65. The van der Waals surface area contributed by atoms with Crippen LogP contribution in [0, 0.1) is 12.8 Å². The van der Waals surface area contributed by atoms with Crippen molar-refractivity contribution < 1.29 is 14.6 Å². The van der Waals surface area contributed by atoms with E-state index in [1.54, 1.807) is 6.07 Å². The minimum Gasteiger partial charge on any atom is -0.393 e. The van der Waals surface area contributed by atoms with Crippen molar-refractivity contribution in [3.63, 3.8) is 0 Å². The maximum absolute atomic E-state index is 12.9. The summed E-state index contributed by atoms with van der Waals surface area (Å²) >= 11 is 6.14. The van der Waals surface area contributed by atoms with E-state index in [-0.39, 0.29) is 24.0 Å². The standard InChI is InChI=1S/C17H22ClNO3/c1-11-12(4-2-5-14(11)18)17(21)19-8-3-6-15(19)13-10-22-9-7-16(13)20/h2,4-5,13,15-16,20H,3,6-10H2,1H3. The Hall–Kier alpha value is -1.10. The molecule has 4 nitrogen and oxygen atoms in total. The van der Waals surface area contributed by atoms with Gasteiger partial charge in [-0.15, -0.1) is 0 Å². The number of rotatable bonds is 2. The molecular formula is C17H22ClNO3. The number of carbonyl (C=O) groups excluding carboxylic acids is 1. The van der Waals surface area contributed by atoms with Gasteiger partial charge in [0.1, 0.15) is 0 Å². The zero-order chi connectivity index (χ0) is 15.7. The summed E-state index contributed by atoms with van der Waals surface area (Å²) in [6.07, 6.45) is 2.17. The molecule has 0 aromatic heterocycles. The molecule has 3 rings (SSSR count). The third-order valence-electron chi connectivity index (χ3n) is 4.91. The van der Waals surface area contributed by atoms with Gasteiger partial charge in [-0.25, -0.2) is 0 Å². The first kappa shape index (κ1) is 15.8. The molecule has 3 atom stereocenters. The third-order valence-corrected chi connectivity index (χ3v) is 5.32. The molecular weight excluding hydrogens is 302 g/mol. The zero-order valence-corrected chi connectivity index (χ0v) is 13.6. The lowest BCUT2D eigenvalue weighted by atomic mass is 9.89. The Labute approximate surface area is 136 Å². The minimum absolute atomic E-state index is 0.0136. The van der Waals surface area contributed by atoms with E-state index in [1.807, 2.05) is 24.0 Å². The molecule has 120 valence electrons. The molecule has 0 bridgehead atoms. The molecule has 22 heavy (non-hydrogen) atoms. The number of amides is 1. The van der Waals surface area contributed by atoms with Crippen LogP contribution in [0.3, 0.4) is 0 Å². The van der Waals surface area contributed by atoms with Crippen LogP contribution in [0.1, 0.15) is 35.2 Å². The molecule has 2 aliphatic heterocycles. The molecule has 0 aliphatic carbocycles. The highest BCUT2D eigenvalue weighted by Crippen LogP contribution is 2.32. The van der Waals surface area contributed by atoms with Gasteiger partial charge in [0, 0.05) is 35.7 Å². The van der Waals surface area contributed by atoms with Crippen molar-refractivity contribution in [1.29, 1.82) is 0 Å². The quantitative estimate of drug-likeness (QED) is 0.910. The van der Waals surface area contributed by atoms with Crippen LogP contribution < -0.4 is 0 Å². The van der Waals surface area contributed by atoms with Crippen LogP contribution in [-0.2, 0) is 4.74 Å². The van der Waals surface area contributed by atoms with Crippen molar-refractivity contribution >= 4 is 17.5 Å². The molecule has 0 saturated carbocycles. The molecule has 0 spiro atoms. The van der Waals surface area contributed by atoms with Gasteiger partial charge in [0.05, 0.1) is 12.7 Å². The number of nitrogens with zero attached hydrogens (tertiary/aromatic N) is 1. The van der Waals surface area contributed by atoms with Gasteiger partial charge in [-0.3, -0.25) is 4.79 Å². The average Bonchev–Trinajstić information content (AvgIpc) is 2.99. The molecule has 3 unspecified atom stereocenters. The average molecular weight is 324 g/mol. The number of hydrogen-bond donors (Lipinski definition) is 1. The molecule has 0 radical (unpaired) electrons. The first-order valence-corrected chi connectivity index (χ1v) is 8.29. The fourth-order valence-electron chi connectivity index (χ4n) is 3.60. The number of aliphatic hydroxyl groups is 1. The van der Waals surface area contributed by atoms with Gasteiger partial charge in [-0.05, 0) is 43.9 Å². The van der Waals surface area contributed by atoms with Crippen molar-refractivity contribution in [1.82, 2.24) is 4.90 Å². The van der Waals surface area contributed by atoms with Crippen LogP contribution in [0.2, 0.25) is 5.02 Å². The van der Waals surface area contributed by atoms with E-state index >= 15 is 0 Å². The summed E-state index contributed by atoms with van der Waals surface area (Å²) in [4.78, 5) is 14.8. The molecule has 2 heterocycles. The highest BCUT2D eigenvalue weighted by molar-refractivity contribution is 6.31. The van der Waals surface area contributed by atoms with E-state index < -0.39 is 0 Å². The van der Waals surface area contributed by atoms with Gasteiger partial charge >= 0.3 is 0 Å². The SMILES string of the molecule is Cc1c(Cl)cccc1C(=O)N1CCCC1C1COCCC1O. The summed E-state index contributed by atoms with van der Waals surface area (Å²) < 4.78 is 5.52. The highest BCUT2D eigenvalue weighted by atomic mass is 35.5. The molecule has 1 amide bonds. The van der Waals surface area contributed by atoms with Crippen molar-refractivity contribution in [3.05, 3.63) is 34.3 Å². The molecule has 2 aliphatic rings. The van der Waals surface area contributed by atoms with Gasteiger partial charge in [0.15, 0.2) is 0 Å². The molecule has 1 N–H and O–H groups in total. The second kappa shape index (κ2) is 6.57. The van der Waals surface area contributed by atoms with Gasteiger partial charge in [-0.1, -0.05) is 17.7 Å². The smallest absolute Gasteiger partial charge is 0.254 e. The Morgan fingerprint density at radius 3 is 3.00 bits per heavy atom. The van der Waals surface area contributed by atoms with E-state index in [4.69, 9.17) is 16.3 Å². The number of likely N-dealkylation sites (tertiary alicyclic amines) is 1. The Kier molecular flexibility index (Phi) is 4.71. The third kappa shape index (κ3) is 2.87. The molecule has 1 aromatic carbocycles. The Balaban J connectivity index is 1.83. The maximum Gasteiger partial charge on any atom is 0.254 e. The van der Waals surface area contributed by atoms with E-state index in [0.717, 1.165) is 24.9 Å². The normalized spacial score (nSPS) is 28.9. The van der Waals surface area contributed by atoms with Crippen LogP contribution in [0.25, 0.3) is 0 Å². The van der Waals surface area contributed by atoms with Gasteiger partial charge in [0.2, 0.25) is 0 Å². The van der Waals surface area contributed by atoms with Crippen molar-refractivity contribution in [2.75, 3.05) is 19.8 Å². The lowest BCUT2D eigenvalue weighted by Crippen LogP contribution is -2.48. The minimum atomic E-state index is -0.382. The van der Waals surface area contributed by atoms with E-state index in [9.17, 15) is 9.90 Å². The second-order valence-electron chi connectivity index (χ2n) is 6.22. The number of aliphatic hydroxyl groups excluding tert-OH is 1. The van der Waals surface area contributed by atoms with Crippen molar-refractivity contribution in [3.8, 4) is 0 Å². The van der Waals surface area contributed by atoms with Crippen molar-refractivity contribution in [2.24, 2.45) is 5.92 Å². The molecule has 5 heteroatoms. The Morgan fingerprint density at radius 2 is 2.23 bits per heavy atom. The van der Waals surface area contributed by atoms with Crippen LogP contribution >= 0.6 is 11.6 Å². The predicted molar refractivity (Wildman–Crippen MR) is 85.2 cm³/mol. The molecule has 1 aromatic rings. The van der Waals surface area contributed by atoms with Crippen LogP contribution in [0.4, 0.5) is 0 Å². The number of carbonyl (C=O) groups is 1. The summed E-state index contributed by atoms with van der Waals surface area (Å²) in [5.41, 5.74) is 1.48. The van der Waals surface area contributed by atoms with Gasteiger partial charge in [-0.2, -0.15) is 0 Å². The van der Waals surface area contributed by atoms with E-state index in [0.29, 0.717) is 30.2 Å². The number of halogens is 1. The first-order chi connectivity index (χ1) is 10.6. The van der Waals surface area contributed by atoms with Gasteiger partial charge in [0.25, 0.3) is 5.91 Å². The van der Waals surface area contributed by atoms with Crippen LogP contribution in [0.15, 0.2) is 18.2 Å². The largest absolute Gasteiger partial charge is 0.393 e. The summed E-state index contributed by atoms with van der Waals surface area (Å²) in [7, 11) is 0. The topological polar surface area (TPSA) is 49.8 Å². The fraction of sp³-hybridized carbons (Fsp3) is 0.588. The number of hydrogen-bond acceptors (Lipinski definition) is 3. The van der Waals surface area contributed by atoms with Crippen LogP contribution in [0.5, 0.6) is 0 Å². The van der Waals surface area contributed by atoms with Gasteiger partial charge < -0.3 is 14.7 Å². The van der Waals surface area contributed by atoms with Crippen molar-refractivity contribution in [2.45, 2.75) is 38.3 Å². The zero-order valence-electron chi connectivity index (χ0n) is 12.8. The lowest BCUT2D eigenvalue weighted by Gasteiger charge is -2.37. The summed E-state index contributed by atoms with van der Waals surface area (Å²) in [6, 6.07) is 5.49.